The Balaban J connectivity index is 1.22. The number of hydrogen-bond donors (Lipinski definition) is 2. The summed E-state index contributed by atoms with van der Waals surface area (Å²) in [6.45, 7) is 0.646. The molecule has 1 aromatic carbocycles. The number of benzene rings is 1. The summed E-state index contributed by atoms with van der Waals surface area (Å²) in [5.74, 6) is -0.335. The number of nitrogens with two attached hydrogens (primary N) is 1. The molecule has 5 rings (SSSR count). The lowest BCUT2D eigenvalue weighted by atomic mass is 10.0. The number of piperidine rings is 1. The van der Waals surface area contributed by atoms with Crippen LogP contribution in [0.3, 0.4) is 0 Å². The van der Waals surface area contributed by atoms with Crippen LogP contribution in [0.15, 0.2) is 47.7 Å². The van der Waals surface area contributed by atoms with Crippen LogP contribution in [0.2, 0.25) is 0 Å². The molecule has 0 saturated carbocycles. The number of primary amides is 1. The normalized spacial score (nSPS) is 17.9. The number of likely N-dealkylation sites (tertiary alicyclic amines) is 1. The second-order valence-electron chi connectivity index (χ2n) is 12.2. The van der Waals surface area contributed by atoms with Gasteiger partial charge in [-0.2, -0.15) is 31.4 Å². The zero-order valence-electron chi connectivity index (χ0n) is 27.4. The highest BCUT2D eigenvalue weighted by Gasteiger charge is 2.40. The molecular weight excluding hydrogens is 690 g/mol. The summed E-state index contributed by atoms with van der Waals surface area (Å²) in [5, 5.41) is 6.60. The Labute approximate surface area is 287 Å². The van der Waals surface area contributed by atoms with E-state index >= 15 is 0 Å². The van der Waals surface area contributed by atoms with E-state index in [9.17, 15) is 40.7 Å². The number of alkyl halides is 6. The zero-order valence-corrected chi connectivity index (χ0v) is 27.4. The van der Waals surface area contributed by atoms with Gasteiger partial charge in [0, 0.05) is 50.9 Å². The number of nitrogens with zero attached hydrogens (tertiary/aromatic N) is 6. The molecule has 4 heterocycles. The number of methoxy groups -OCH3 is 1. The number of rotatable bonds is 13. The second kappa shape index (κ2) is 15.5. The third kappa shape index (κ3) is 9.25. The zero-order chi connectivity index (χ0) is 36.9. The maximum Gasteiger partial charge on any atom is 0.423 e. The van der Waals surface area contributed by atoms with Gasteiger partial charge in [0.15, 0.2) is 0 Å². The van der Waals surface area contributed by atoms with Crippen LogP contribution < -0.4 is 26.2 Å². The Morgan fingerprint density at radius 2 is 1.65 bits per heavy atom. The molecule has 276 valence electrons. The quantitative estimate of drug-likeness (QED) is 0.250. The fourth-order valence-electron chi connectivity index (χ4n) is 6.05. The minimum atomic E-state index is -5.06. The summed E-state index contributed by atoms with van der Waals surface area (Å²) in [7, 11) is 1.46. The number of halogens is 6. The number of hydrogen-bond acceptors (Lipinski definition) is 10. The molecule has 0 spiro atoms. The van der Waals surface area contributed by atoms with E-state index in [2.05, 4.69) is 20.4 Å². The molecule has 13 nitrogen and oxygen atoms in total. The Bertz CT molecular complexity index is 1730. The molecule has 19 heteroatoms. The number of amides is 2. The van der Waals surface area contributed by atoms with Crippen molar-refractivity contribution < 1.29 is 45.4 Å². The van der Waals surface area contributed by atoms with E-state index in [1.165, 1.54) is 7.11 Å². The predicted molar refractivity (Wildman–Crippen MR) is 170 cm³/mol. The second-order valence-corrected chi connectivity index (χ2v) is 12.2. The van der Waals surface area contributed by atoms with Crippen molar-refractivity contribution in [3.63, 3.8) is 0 Å². The third-order valence-electron chi connectivity index (χ3n) is 8.76. The van der Waals surface area contributed by atoms with E-state index in [1.54, 1.807) is 34.1 Å². The van der Waals surface area contributed by atoms with Crippen molar-refractivity contribution >= 4 is 23.5 Å². The summed E-state index contributed by atoms with van der Waals surface area (Å²) < 4.78 is 93.1. The first-order valence-electron chi connectivity index (χ1n) is 16.1. The predicted octanol–water partition coefficient (Wildman–Crippen LogP) is 3.46. The third-order valence-corrected chi connectivity index (χ3v) is 8.76. The van der Waals surface area contributed by atoms with Gasteiger partial charge in [-0.15, -0.1) is 0 Å². The Morgan fingerprint density at radius 3 is 2.24 bits per heavy atom. The highest BCUT2D eigenvalue weighted by molar-refractivity contribution is 5.83. The topological polar surface area (TPSA) is 158 Å². The van der Waals surface area contributed by atoms with E-state index in [4.69, 9.17) is 15.2 Å². The number of nitrogens with one attached hydrogen (secondary N) is 1. The summed E-state index contributed by atoms with van der Waals surface area (Å²) in [6.07, 6.45) is -7.14. The largest absolute Gasteiger partial charge is 0.497 e. The van der Waals surface area contributed by atoms with Crippen LogP contribution in [0.1, 0.15) is 48.8 Å². The molecule has 3 N–H and O–H groups in total. The molecule has 3 aromatic rings. The fraction of sp³-hybridized carbons (Fsp3) is 0.500. The lowest BCUT2D eigenvalue weighted by Crippen LogP contribution is -2.47. The first-order valence-corrected chi connectivity index (χ1v) is 16.1. The highest BCUT2D eigenvalue weighted by Crippen LogP contribution is 2.33. The van der Waals surface area contributed by atoms with Crippen molar-refractivity contribution in [2.45, 2.75) is 69.2 Å². The molecule has 0 bridgehead atoms. The number of aromatic nitrogens is 4. The first-order chi connectivity index (χ1) is 24.1. The summed E-state index contributed by atoms with van der Waals surface area (Å²) in [4.78, 5) is 49.0. The number of carbonyl (C=O) groups is 2. The van der Waals surface area contributed by atoms with Crippen molar-refractivity contribution in [1.82, 2.24) is 24.6 Å². The minimum Gasteiger partial charge on any atom is -0.497 e. The van der Waals surface area contributed by atoms with E-state index in [0.29, 0.717) is 54.9 Å². The van der Waals surface area contributed by atoms with Gasteiger partial charge in [0.25, 0.3) is 11.5 Å². The van der Waals surface area contributed by atoms with Crippen molar-refractivity contribution in [3.8, 4) is 5.75 Å². The van der Waals surface area contributed by atoms with E-state index in [1.807, 2.05) is 0 Å². The minimum absolute atomic E-state index is 0.0589. The van der Waals surface area contributed by atoms with Gasteiger partial charge in [0.1, 0.15) is 17.4 Å². The molecule has 51 heavy (non-hydrogen) atoms. The first kappa shape index (κ1) is 37.3. The fourth-order valence-corrected chi connectivity index (χ4v) is 6.05. The molecule has 2 aliphatic rings. The maximum absolute atomic E-state index is 14.3. The summed E-state index contributed by atoms with van der Waals surface area (Å²) >= 11 is 0. The molecule has 2 fully saturated rings. The maximum atomic E-state index is 14.3. The molecule has 2 aromatic heterocycles. The molecule has 2 saturated heterocycles. The van der Waals surface area contributed by atoms with Crippen LogP contribution in [-0.2, 0) is 33.2 Å². The molecule has 0 radical (unpaired) electrons. The van der Waals surface area contributed by atoms with Crippen molar-refractivity contribution in [2.75, 3.05) is 43.6 Å². The van der Waals surface area contributed by atoms with Gasteiger partial charge >= 0.3 is 12.4 Å². The smallest absolute Gasteiger partial charge is 0.423 e. The molecule has 0 unspecified atom stereocenters. The van der Waals surface area contributed by atoms with E-state index in [0.717, 1.165) is 18.6 Å². The van der Waals surface area contributed by atoms with Crippen LogP contribution in [0, 0.1) is 0 Å². The average molecular weight is 727 g/mol. The number of carbonyl (C=O) groups excluding carboxylic acids is 2. The van der Waals surface area contributed by atoms with Crippen LogP contribution in [0.4, 0.5) is 38.0 Å². The molecule has 2 atom stereocenters. The average Bonchev–Trinajstić information content (AvgIpc) is 3.46. The number of anilines is 2. The molecule has 2 aliphatic heterocycles. The van der Waals surface area contributed by atoms with Crippen LogP contribution in [0.5, 0.6) is 5.75 Å². The SMILES string of the molecule is COc1ccc(Cn2ncc(N[C@@H](CCC(N)=O)CO[C@@H]3CCN(C4CCN(c5ncc(C(F)(F)F)cn5)CC4)C3=O)c(C(F)(F)F)c2=O)cc1. The van der Waals surface area contributed by atoms with Gasteiger partial charge in [-0.1, -0.05) is 12.1 Å². The summed E-state index contributed by atoms with van der Waals surface area (Å²) in [5.41, 5.74) is 1.39. The molecular formula is C32H36F6N8O5. The van der Waals surface area contributed by atoms with Crippen molar-refractivity contribution in [3.05, 3.63) is 69.9 Å². The van der Waals surface area contributed by atoms with Gasteiger partial charge in [0.2, 0.25) is 11.9 Å². The Hall–Kier alpha value is -4.94. The van der Waals surface area contributed by atoms with Gasteiger partial charge in [-0.25, -0.2) is 14.6 Å². The van der Waals surface area contributed by atoms with E-state index < -0.39 is 52.8 Å². The molecule has 2 amide bonds. The van der Waals surface area contributed by atoms with Crippen LogP contribution >= 0.6 is 0 Å². The lowest BCUT2D eigenvalue weighted by molar-refractivity contribution is -0.140. The lowest BCUT2D eigenvalue weighted by Gasteiger charge is -2.36. The highest BCUT2D eigenvalue weighted by atomic mass is 19.4. The van der Waals surface area contributed by atoms with E-state index in [-0.39, 0.29) is 43.9 Å². The molecule has 0 aliphatic carbocycles. The van der Waals surface area contributed by atoms with Gasteiger partial charge < -0.3 is 30.3 Å². The summed E-state index contributed by atoms with van der Waals surface area (Å²) in [6, 6.07) is 5.26. The van der Waals surface area contributed by atoms with Crippen molar-refractivity contribution in [1.29, 1.82) is 0 Å². The standard InChI is InChI=1S/C32H36F6N8O5/c1-50-23-5-2-19(3-6-23)17-46-29(49)27(32(36,37)38)24(16-42-46)43-21(4-7-26(39)47)18-51-25-10-13-45(28(25)48)22-8-11-44(12-9-22)30-40-14-20(15-41-30)31(33,34)35/h2-3,5-6,14-16,21-22,25,43H,4,7-13,17-18H2,1H3,(H2,39,47)/t21-,25+/m0/s1. The monoisotopic (exact) mass is 726 g/mol. The Kier molecular flexibility index (Phi) is 11.4. The van der Waals surface area contributed by atoms with Gasteiger partial charge in [-0.3, -0.25) is 14.4 Å². The van der Waals surface area contributed by atoms with Gasteiger partial charge in [0.05, 0.1) is 43.8 Å². The number of ether oxygens (including phenoxy) is 2. The van der Waals surface area contributed by atoms with Gasteiger partial charge in [-0.05, 0) is 37.0 Å². The Morgan fingerprint density at radius 1 is 0.980 bits per heavy atom. The van der Waals surface area contributed by atoms with Crippen molar-refractivity contribution in [2.24, 2.45) is 5.73 Å². The van der Waals surface area contributed by atoms with Crippen LogP contribution in [-0.4, -0.2) is 88.0 Å². The van der Waals surface area contributed by atoms with Crippen LogP contribution in [0.25, 0.3) is 0 Å².